The summed E-state index contributed by atoms with van der Waals surface area (Å²) in [5.74, 6) is 2.96. The molecule has 0 fully saturated rings. The Hall–Kier alpha value is -6.04. The maximum atomic E-state index is 13.4. The Labute approximate surface area is 278 Å². The Morgan fingerprint density at radius 2 is 1.73 bits per heavy atom. The number of benzene rings is 2. The molecule has 244 valence electrons. The van der Waals surface area contributed by atoms with Gasteiger partial charge in [0.1, 0.15) is 29.8 Å². The van der Waals surface area contributed by atoms with Crippen LogP contribution >= 0.6 is 0 Å². The number of fused-ring (bicyclic) bond motifs is 1. The van der Waals surface area contributed by atoms with Crippen LogP contribution in [0.4, 0.5) is 27.9 Å². The summed E-state index contributed by atoms with van der Waals surface area (Å²) in [4.78, 5) is 30.9. The van der Waals surface area contributed by atoms with Gasteiger partial charge in [-0.1, -0.05) is 52.0 Å². The molecule has 0 radical (unpaired) electrons. The normalized spacial score (nSPS) is 11.3. The smallest absolute Gasteiger partial charge is 0.324 e. The highest BCUT2D eigenvalue weighted by Crippen LogP contribution is 2.33. The van der Waals surface area contributed by atoms with E-state index in [1.54, 1.807) is 42.6 Å². The van der Waals surface area contributed by atoms with E-state index < -0.39 is 6.03 Å². The molecular weight excluding hydrogens is 606 g/mol. The fourth-order valence-electron chi connectivity index (χ4n) is 4.99. The van der Waals surface area contributed by atoms with E-state index in [-0.39, 0.29) is 5.41 Å². The van der Waals surface area contributed by atoms with Gasteiger partial charge in [-0.3, -0.25) is 10.3 Å². The molecule has 0 unspecified atom stereocenters. The summed E-state index contributed by atoms with van der Waals surface area (Å²) in [6.45, 7) is 8.55. The van der Waals surface area contributed by atoms with Crippen LogP contribution in [-0.4, -0.2) is 42.9 Å². The first-order valence-corrected chi connectivity index (χ1v) is 15.6. The molecule has 6 rings (SSSR count). The number of nitrogens with one attached hydrogen (secondary N) is 3. The zero-order valence-electron chi connectivity index (χ0n) is 27.5. The minimum absolute atomic E-state index is 0.242. The second-order valence-corrected chi connectivity index (χ2v) is 12.1. The third kappa shape index (κ3) is 7.33. The maximum absolute atomic E-state index is 13.4. The van der Waals surface area contributed by atoms with Crippen molar-refractivity contribution in [2.75, 3.05) is 23.1 Å². The zero-order chi connectivity index (χ0) is 33.7. The average molecular weight is 644 g/mol. The van der Waals surface area contributed by atoms with Gasteiger partial charge in [-0.05, 0) is 42.3 Å². The van der Waals surface area contributed by atoms with E-state index >= 15 is 0 Å². The van der Waals surface area contributed by atoms with Crippen molar-refractivity contribution in [2.24, 2.45) is 0 Å². The zero-order valence-corrected chi connectivity index (χ0v) is 27.5. The van der Waals surface area contributed by atoms with Crippen molar-refractivity contribution >= 4 is 39.9 Å². The number of carbonyl (C=O) groups excluding carboxylic acids is 1. The summed E-state index contributed by atoms with van der Waals surface area (Å²) in [6, 6.07) is 20.3. The first-order chi connectivity index (χ1) is 23.2. The third-order valence-electron chi connectivity index (χ3n) is 7.55. The van der Waals surface area contributed by atoms with Crippen molar-refractivity contribution in [1.29, 1.82) is 0 Å². The molecule has 3 N–H and O–H groups in total. The lowest BCUT2D eigenvalue weighted by Gasteiger charge is -2.15. The van der Waals surface area contributed by atoms with Gasteiger partial charge < -0.3 is 20.1 Å². The molecule has 48 heavy (non-hydrogen) atoms. The standard InChI is InChI=1S/C36H37N9O3/c1-6-24-19-37-21-32(40-24)42-31-17-23(15-16-38-31)22-48-29-13-12-28(26-9-7-8-10-27(26)29)41-35(46)43-33-18-30(36(2,3)4)44-45(33)25-11-14-34(47-5)39-20-25/h7-21H,6,22H2,1-5H3,(H,38,40,42)(H2,41,43,46). The molecule has 12 nitrogen and oxygen atoms in total. The second kappa shape index (κ2) is 13.8. The lowest BCUT2D eigenvalue weighted by atomic mass is 9.92. The fourth-order valence-corrected chi connectivity index (χ4v) is 4.99. The number of anilines is 4. The molecule has 0 saturated carbocycles. The minimum atomic E-state index is -0.414. The lowest BCUT2D eigenvalue weighted by molar-refractivity contribution is 0.262. The predicted octanol–water partition coefficient (Wildman–Crippen LogP) is 7.44. The topological polar surface area (TPSA) is 141 Å². The number of urea groups is 1. The summed E-state index contributed by atoms with van der Waals surface area (Å²) in [5.41, 5.74) is 3.72. The largest absolute Gasteiger partial charge is 0.488 e. The predicted molar refractivity (Wildman–Crippen MR) is 186 cm³/mol. The quantitative estimate of drug-likeness (QED) is 0.139. The van der Waals surface area contributed by atoms with E-state index in [0.29, 0.717) is 47.1 Å². The number of hydrogen-bond acceptors (Lipinski definition) is 9. The van der Waals surface area contributed by atoms with Crippen LogP contribution in [0.25, 0.3) is 16.5 Å². The van der Waals surface area contributed by atoms with Crippen LogP contribution in [0.5, 0.6) is 11.6 Å². The minimum Gasteiger partial charge on any atom is -0.488 e. The average Bonchev–Trinajstić information content (AvgIpc) is 3.52. The molecule has 0 spiro atoms. The molecule has 0 aliphatic heterocycles. The van der Waals surface area contributed by atoms with Gasteiger partial charge in [-0.15, -0.1) is 0 Å². The molecule has 0 atom stereocenters. The lowest BCUT2D eigenvalue weighted by Crippen LogP contribution is -2.21. The van der Waals surface area contributed by atoms with Crippen LogP contribution < -0.4 is 25.4 Å². The van der Waals surface area contributed by atoms with Gasteiger partial charge >= 0.3 is 6.03 Å². The van der Waals surface area contributed by atoms with Gasteiger partial charge in [0.2, 0.25) is 5.88 Å². The number of rotatable bonds is 10. The fraction of sp³-hybridized carbons (Fsp3) is 0.222. The van der Waals surface area contributed by atoms with Gasteiger partial charge in [0.25, 0.3) is 0 Å². The molecule has 2 aromatic carbocycles. The number of methoxy groups -OCH3 is 1. The van der Waals surface area contributed by atoms with E-state index in [2.05, 4.69) is 56.7 Å². The Kier molecular flexibility index (Phi) is 9.15. The summed E-state index contributed by atoms with van der Waals surface area (Å²) in [5, 5.41) is 15.7. The summed E-state index contributed by atoms with van der Waals surface area (Å²) in [6.07, 6.45) is 7.59. The SMILES string of the molecule is CCc1cncc(Nc2cc(COc3ccc(NC(=O)Nc4cc(C(C)(C)C)nn4-c4ccc(OC)nc4)c4ccccc34)ccn2)n1. The molecular formula is C36H37N9O3. The molecule has 0 bridgehead atoms. The van der Waals surface area contributed by atoms with Crippen molar-refractivity contribution in [2.45, 2.75) is 46.1 Å². The van der Waals surface area contributed by atoms with Crippen LogP contribution in [0, 0.1) is 0 Å². The highest BCUT2D eigenvalue weighted by molar-refractivity contribution is 6.07. The molecule has 0 aliphatic rings. The van der Waals surface area contributed by atoms with Crippen molar-refractivity contribution in [3.63, 3.8) is 0 Å². The van der Waals surface area contributed by atoms with Crippen molar-refractivity contribution in [3.8, 4) is 17.3 Å². The van der Waals surface area contributed by atoms with Crippen LogP contribution in [0.15, 0.2) is 91.5 Å². The van der Waals surface area contributed by atoms with Crippen LogP contribution in [0.1, 0.15) is 44.6 Å². The van der Waals surface area contributed by atoms with Crippen molar-refractivity contribution < 1.29 is 14.3 Å². The van der Waals surface area contributed by atoms with Crippen LogP contribution in [-0.2, 0) is 18.4 Å². The second-order valence-electron chi connectivity index (χ2n) is 12.1. The molecule has 2 amide bonds. The summed E-state index contributed by atoms with van der Waals surface area (Å²) in [7, 11) is 1.56. The Balaban J connectivity index is 1.18. The highest BCUT2D eigenvalue weighted by Gasteiger charge is 2.22. The van der Waals surface area contributed by atoms with E-state index in [9.17, 15) is 4.79 Å². The van der Waals surface area contributed by atoms with Gasteiger partial charge in [0.15, 0.2) is 0 Å². The van der Waals surface area contributed by atoms with Gasteiger partial charge in [0, 0.05) is 40.7 Å². The molecule has 12 heteroatoms. The first kappa shape index (κ1) is 31.9. The highest BCUT2D eigenvalue weighted by atomic mass is 16.5. The van der Waals surface area contributed by atoms with E-state index in [1.807, 2.05) is 67.6 Å². The van der Waals surface area contributed by atoms with E-state index in [4.69, 9.17) is 14.6 Å². The molecule has 0 aliphatic carbocycles. The number of aromatic nitrogens is 6. The van der Waals surface area contributed by atoms with Gasteiger partial charge in [0.05, 0.1) is 42.3 Å². The summed E-state index contributed by atoms with van der Waals surface area (Å²) < 4.78 is 13.1. The van der Waals surface area contributed by atoms with Crippen LogP contribution in [0.3, 0.4) is 0 Å². The number of nitrogens with zero attached hydrogens (tertiary/aromatic N) is 6. The van der Waals surface area contributed by atoms with Crippen LogP contribution in [0.2, 0.25) is 0 Å². The molecule has 4 aromatic heterocycles. The van der Waals surface area contributed by atoms with E-state index in [1.165, 1.54) is 0 Å². The van der Waals surface area contributed by atoms with Crippen molar-refractivity contribution in [3.05, 3.63) is 108 Å². The molecule has 4 heterocycles. The number of aryl methyl sites for hydroxylation is 1. The number of carbonyl (C=O) groups is 1. The van der Waals surface area contributed by atoms with Crippen molar-refractivity contribution in [1.82, 2.24) is 29.7 Å². The molecule has 6 aromatic rings. The Morgan fingerprint density at radius 3 is 2.48 bits per heavy atom. The van der Waals surface area contributed by atoms with E-state index in [0.717, 1.165) is 34.1 Å². The Bertz CT molecular complexity index is 2050. The Morgan fingerprint density at radius 1 is 0.896 bits per heavy atom. The number of ether oxygens (including phenoxy) is 2. The third-order valence-corrected chi connectivity index (χ3v) is 7.55. The maximum Gasteiger partial charge on any atom is 0.324 e. The first-order valence-electron chi connectivity index (χ1n) is 15.6. The monoisotopic (exact) mass is 643 g/mol. The van der Waals surface area contributed by atoms with Gasteiger partial charge in [-0.25, -0.2) is 24.4 Å². The number of hydrogen-bond donors (Lipinski definition) is 3. The van der Waals surface area contributed by atoms with Gasteiger partial charge in [-0.2, -0.15) is 5.10 Å². The number of pyridine rings is 2. The number of amides is 2. The summed E-state index contributed by atoms with van der Waals surface area (Å²) >= 11 is 0. The molecule has 0 saturated heterocycles.